The Morgan fingerprint density at radius 1 is 1.31 bits per heavy atom. The molecule has 0 spiro atoms. The molecule has 2 aliphatic rings. The summed E-state index contributed by atoms with van der Waals surface area (Å²) in [6.45, 7) is 5.73. The van der Waals surface area contributed by atoms with Gasteiger partial charge < -0.3 is 10.1 Å². The lowest BCUT2D eigenvalue weighted by atomic mass is 10.1. The van der Waals surface area contributed by atoms with Crippen molar-refractivity contribution in [1.82, 2.24) is 5.32 Å². The molecule has 2 fully saturated rings. The Labute approximate surface area is 97.7 Å². The molecule has 0 bridgehead atoms. The van der Waals surface area contributed by atoms with Crippen molar-refractivity contribution in [2.24, 2.45) is 5.92 Å². The van der Waals surface area contributed by atoms with Gasteiger partial charge in [0, 0.05) is 13.1 Å². The van der Waals surface area contributed by atoms with Crippen molar-refractivity contribution < 1.29 is 13.2 Å². The van der Waals surface area contributed by atoms with Gasteiger partial charge in [0.25, 0.3) is 0 Å². The first-order valence-corrected chi connectivity index (χ1v) is 7.77. The highest BCUT2D eigenvalue weighted by Crippen LogP contribution is 2.30. The van der Waals surface area contributed by atoms with Gasteiger partial charge in [-0.3, -0.25) is 0 Å². The molecule has 0 aromatic heterocycles. The van der Waals surface area contributed by atoms with Crippen molar-refractivity contribution in [2.75, 3.05) is 24.6 Å². The topological polar surface area (TPSA) is 55.4 Å². The molecule has 0 radical (unpaired) electrons. The van der Waals surface area contributed by atoms with E-state index in [0.717, 1.165) is 25.9 Å². The van der Waals surface area contributed by atoms with Crippen LogP contribution < -0.4 is 5.32 Å². The molecule has 1 atom stereocenters. The molecule has 0 amide bonds. The lowest BCUT2D eigenvalue weighted by molar-refractivity contribution is -0.00530. The summed E-state index contributed by atoms with van der Waals surface area (Å²) >= 11 is 0. The van der Waals surface area contributed by atoms with Crippen LogP contribution in [0.5, 0.6) is 0 Å². The summed E-state index contributed by atoms with van der Waals surface area (Å²) in [5.41, 5.74) is -0.141. The molecule has 0 aliphatic carbocycles. The van der Waals surface area contributed by atoms with E-state index in [1.54, 1.807) is 0 Å². The number of nitrogens with one attached hydrogen (secondary N) is 1. The molecule has 0 saturated carbocycles. The van der Waals surface area contributed by atoms with E-state index >= 15 is 0 Å². The second kappa shape index (κ2) is 4.27. The van der Waals surface area contributed by atoms with Crippen LogP contribution in [0.15, 0.2) is 0 Å². The summed E-state index contributed by atoms with van der Waals surface area (Å²) in [5.74, 6) is 0.840. The van der Waals surface area contributed by atoms with Crippen LogP contribution >= 0.6 is 0 Å². The van der Waals surface area contributed by atoms with Gasteiger partial charge in [0.2, 0.25) is 0 Å². The minimum Gasteiger partial charge on any atom is -0.371 e. The minimum atomic E-state index is -2.94. The number of hydrogen-bond acceptors (Lipinski definition) is 4. The fourth-order valence-electron chi connectivity index (χ4n) is 2.37. The standard InChI is InChI=1S/C11H21NO3S/c1-11(2)4-3-10(15-11)8-16(13,14)7-9-5-12-6-9/h9-10,12H,3-8H2,1-2H3. The average Bonchev–Trinajstić information content (AvgIpc) is 2.38. The van der Waals surface area contributed by atoms with E-state index in [9.17, 15) is 8.42 Å². The first-order chi connectivity index (χ1) is 7.36. The van der Waals surface area contributed by atoms with Gasteiger partial charge in [-0.1, -0.05) is 0 Å². The van der Waals surface area contributed by atoms with Crippen LogP contribution in [-0.4, -0.2) is 44.7 Å². The second-order valence-electron chi connectivity index (χ2n) is 5.64. The van der Waals surface area contributed by atoms with E-state index in [1.807, 2.05) is 13.8 Å². The van der Waals surface area contributed by atoms with Gasteiger partial charge >= 0.3 is 0 Å². The van der Waals surface area contributed by atoms with Crippen molar-refractivity contribution in [3.05, 3.63) is 0 Å². The van der Waals surface area contributed by atoms with Gasteiger partial charge in [0.1, 0.15) is 0 Å². The highest BCUT2D eigenvalue weighted by Gasteiger charge is 2.35. The van der Waals surface area contributed by atoms with Crippen molar-refractivity contribution in [2.45, 2.75) is 38.4 Å². The highest BCUT2D eigenvalue weighted by atomic mass is 32.2. The Balaban J connectivity index is 1.84. The Hall–Kier alpha value is -0.130. The van der Waals surface area contributed by atoms with Crippen LogP contribution in [0.3, 0.4) is 0 Å². The Morgan fingerprint density at radius 3 is 2.44 bits per heavy atom. The molecule has 1 N–H and O–H groups in total. The molecular formula is C11H21NO3S. The van der Waals surface area contributed by atoms with Crippen LogP contribution in [0.1, 0.15) is 26.7 Å². The first kappa shape index (κ1) is 12.3. The monoisotopic (exact) mass is 247 g/mol. The summed E-state index contributed by atoms with van der Waals surface area (Å²) in [4.78, 5) is 0. The third kappa shape index (κ3) is 3.18. The van der Waals surface area contributed by atoms with E-state index in [2.05, 4.69) is 5.32 Å². The molecule has 94 valence electrons. The molecule has 2 heterocycles. The largest absolute Gasteiger partial charge is 0.371 e. The predicted octanol–water partition coefficient (Wildman–Crippen LogP) is 0.578. The SMILES string of the molecule is CC1(C)CCC(CS(=O)(=O)CC2CNC2)O1. The Morgan fingerprint density at radius 2 is 2.00 bits per heavy atom. The fraction of sp³-hybridized carbons (Fsp3) is 1.00. The zero-order chi connectivity index (χ0) is 11.8. The van der Waals surface area contributed by atoms with E-state index in [4.69, 9.17) is 4.74 Å². The average molecular weight is 247 g/mol. The molecule has 16 heavy (non-hydrogen) atoms. The van der Waals surface area contributed by atoms with Crippen molar-refractivity contribution in [3.8, 4) is 0 Å². The molecular weight excluding hydrogens is 226 g/mol. The van der Waals surface area contributed by atoms with E-state index in [-0.39, 0.29) is 17.5 Å². The van der Waals surface area contributed by atoms with Crippen LogP contribution in [0.25, 0.3) is 0 Å². The van der Waals surface area contributed by atoms with Crippen molar-refractivity contribution >= 4 is 9.84 Å². The molecule has 2 rings (SSSR count). The third-order valence-corrected chi connectivity index (χ3v) is 5.21. The molecule has 2 saturated heterocycles. The Bertz CT molecular complexity index is 346. The number of ether oxygens (including phenoxy) is 1. The normalized spacial score (nSPS) is 30.2. The van der Waals surface area contributed by atoms with Crippen LogP contribution in [0.4, 0.5) is 0 Å². The smallest absolute Gasteiger partial charge is 0.153 e. The fourth-order valence-corrected chi connectivity index (χ4v) is 4.26. The molecule has 4 nitrogen and oxygen atoms in total. The maximum Gasteiger partial charge on any atom is 0.153 e. The van der Waals surface area contributed by atoms with E-state index in [0.29, 0.717) is 11.7 Å². The van der Waals surface area contributed by atoms with Crippen LogP contribution in [0, 0.1) is 5.92 Å². The van der Waals surface area contributed by atoms with Gasteiger partial charge in [-0.25, -0.2) is 8.42 Å². The quantitative estimate of drug-likeness (QED) is 0.789. The summed E-state index contributed by atoms with van der Waals surface area (Å²) in [5, 5.41) is 3.09. The van der Waals surface area contributed by atoms with Crippen LogP contribution in [-0.2, 0) is 14.6 Å². The lowest BCUT2D eigenvalue weighted by Crippen LogP contribution is -2.46. The summed E-state index contributed by atoms with van der Waals surface area (Å²) in [6.07, 6.45) is 1.74. The van der Waals surface area contributed by atoms with Gasteiger partial charge in [-0.2, -0.15) is 0 Å². The minimum absolute atomic E-state index is 0.0898. The second-order valence-corrected chi connectivity index (χ2v) is 7.79. The first-order valence-electron chi connectivity index (χ1n) is 5.95. The van der Waals surface area contributed by atoms with Crippen molar-refractivity contribution in [1.29, 1.82) is 0 Å². The molecule has 0 aromatic rings. The number of rotatable bonds is 4. The summed E-state index contributed by atoms with van der Waals surface area (Å²) < 4.78 is 29.5. The third-order valence-electron chi connectivity index (χ3n) is 3.35. The van der Waals surface area contributed by atoms with Gasteiger partial charge in [-0.05, 0) is 32.6 Å². The summed E-state index contributed by atoms with van der Waals surface area (Å²) in [6, 6.07) is 0. The molecule has 5 heteroatoms. The predicted molar refractivity (Wildman–Crippen MR) is 63.2 cm³/mol. The van der Waals surface area contributed by atoms with Crippen LogP contribution in [0.2, 0.25) is 0 Å². The summed E-state index contributed by atoms with van der Waals surface area (Å²) in [7, 11) is -2.94. The van der Waals surface area contributed by atoms with E-state index in [1.165, 1.54) is 0 Å². The van der Waals surface area contributed by atoms with E-state index < -0.39 is 9.84 Å². The molecule has 1 unspecified atom stereocenters. The lowest BCUT2D eigenvalue weighted by Gasteiger charge is -2.27. The highest BCUT2D eigenvalue weighted by molar-refractivity contribution is 7.91. The Kier molecular flexibility index (Phi) is 3.29. The van der Waals surface area contributed by atoms with Gasteiger partial charge in [0.05, 0.1) is 23.2 Å². The molecule has 2 aliphatic heterocycles. The molecule has 0 aromatic carbocycles. The van der Waals surface area contributed by atoms with Crippen molar-refractivity contribution in [3.63, 3.8) is 0 Å². The maximum atomic E-state index is 11.9. The number of hydrogen-bond donors (Lipinski definition) is 1. The number of sulfone groups is 1. The van der Waals surface area contributed by atoms with Gasteiger partial charge in [0.15, 0.2) is 9.84 Å². The van der Waals surface area contributed by atoms with Gasteiger partial charge in [-0.15, -0.1) is 0 Å². The zero-order valence-electron chi connectivity index (χ0n) is 10.0. The maximum absolute atomic E-state index is 11.9. The zero-order valence-corrected chi connectivity index (χ0v) is 10.8.